The molecule has 0 unspecified atom stereocenters. The first kappa shape index (κ1) is 16.8. The molecular weight excluding hydrogens is 312 g/mol. The van der Waals surface area contributed by atoms with E-state index in [4.69, 9.17) is 4.74 Å². The Morgan fingerprint density at radius 2 is 1.72 bits per heavy atom. The lowest BCUT2D eigenvalue weighted by atomic mass is 10.2. The van der Waals surface area contributed by atoms with Crippen LogP contribution in [-0.2, 0) is 0 Å². The lowest BCUT2D eigenvalue weighted by Gasteiger charge is -2.13. The van der Waals surface area contributed by atoms with Gasteiger partial charge in [-0.05, 0) is 36.2 Å². The van der Waals surface area contributed by atoms with E-state index in [0.717, 1.165) is 23.7 Å². The van der Waals surface area contributed by atoms with Crippen LogP contribution in [-0.4, -0.2) is 16.5 Å². The largest absolute Gasteiger partial charge is 0.455 e. The zero-order valence-electron chi connectivity index (χ0n) is 14.4. The van der Waals surface area contributed by atoms with Crippen molar-refractivity contribution in [2.75, 3.05) is 17.2 Å². The van der Waals surface area contributed by atoms with Gasteiger partial charge >= 0.3 is 0 Å². The van der Waals surface area contributed by atoms with Crippen molar-refractivity contribution in [3.63, 3.8) is 0 Å². The molecule has 0 atom stereocenters. The Hall–Kier alpha value is -3.08. The summed E-state index contributed by atoms with van der Waals surface area (Å²) in [6.45, 7) is 5.12. The second kappa shape index (κ2) is 8.15. The zero-order chi connectivity index (χ0) is 17.5. The molecule has 0 aliphatic carbocycles. The number of ether oxygens (including phenoxy) is 1. The molecule has 0 saturated heterocycles. The van der Waals surface area contributed by atoms with Crippen LogP contribution in [0, 0.1) is 5.92 Å². The van der Waals surface area contributed by atoms with Gasteiger partial charge in [-0.25, -0.2) is 4.98 Å². The highest BCUT2D eigenvalue weighted by Crippen LogP contribution is 2.31. The molecule has 0 bridgehead atoms. The van der Waals surface area contributed by atoms with Gasteiger partial charge in [-0.3, -0.25) is 0 Å². The molecule has 1 aromatic heterocycles. The van der Waals surface area contributed by atoms with Crippen LogP contribution in [0.2, 0.25) is 0 Å². The van der Waals surface area contributed by atoms with Crippen LogP contribution in [0.4, 0.5) is 17.5 Å². The fourth-order valence-electron chi connectivity index (χ4n) is 2.22. The van der Waals surface area contributed by atoms with Gasteiger partial charge in [-0.15, -0.1) is 0 Å². The normalized spacial score (nSPS) is 10.5. The second-order valence-electron chi connectivity index (χ2n) is 6.08. The number of anilines is 3. The van der Waals surface area contributed by atoms with E-state index in [1.807, 2.05) is 60.7 Å². The molecule has 25 heavy (non-hydrogen) atoms. The Bertz CT molecular complexity index is 806. The Morgan fingerprint density at radius 3 is 2.52 bits per heavy atom. The average Bonchev–Trinajstić information content (AvgIpc) is 2.63. The van der Waals surface area contributed by atoms with Gasteiger partial charge in [0, 0.05) is 12.7 Å². The first-order valence-corrected chi connectivity index (χ1v) is 8.36. The number of hydrogen-bond donors (Lipinski definition) is 2. The molecular formula is C20H22N4O. The molecule has 0 aliphatic heterocycles. The first-order valence-electron chi connectivity index (χ1n) is 8.36. The predicted octanol–water partition coefficient (Wildman–Crippen LogP) is 5.08. The van der Waals surface area contributed by atoms with Gasteiger partial charge in [0.15, 0.2) is 5.75 Å². The van der Waals surface area contributed by atoms with Crippen molar-refractivity contribution >= 4 is 17.5 Å². The van der Waals surface area contributed by atoms with Crippen molar-refractivity contribution in [3.8, 4) is 11.5 Å². The zero-order valence-corrected chi connectivity index (χ0v) is 14.4. The summed E-state index contributed by atoms with van der Waals surface area (Å²) < 4.78 is 5.97. The molecule has 0 aliphatic rings. The van der Waals surface area contributed by atoms with Gasteiger partial charge in [-0.1, -0.05) is 44.2 Å². The van der Waals surface area contributed by atoms with Crippen molar-refractivity contribution in [1.82, 2.24) is 9.97 Å². The molecule has 3 rings (SSSR count). The van der Waals surface area contributed by atoms with Gasteiger partial charge in [0.2, 0.25) is 5.95 Å². The van der Waals surface area contributed by atoms with Crippen LogP contribution < -0.4 is 15.4 Å². The highest BCUT2D eigenvalue weighted by atomic mass is 16.5. The minimum Gasteiger partial charge on any atom is -0.455 e. The summed E-state index contributed by atoms with van der Waals surface area (Å²) in [6.07, 6.45) is 1.73. The molecule has 2 aromatic carbocycles. The summed E-state index contributed by atoms with van der Waals surface area (Å²) in [5, 5.41) is 6.54. The van der Waals surface area contributed by atoms with Crippen LogP contribution in [0.1, 0.15) is 13.8 Å². The number of hydrogen-bond acceptors (Lipinski definition) is 5. The number of rotatable bonds is 7. The SMILES string of the molecule is CC(C)CNc1nccc(Nc2ccccc2Oc2ccccc2)n1. The molecule has 5 nitrogen and oxygen atoms in total. The summed E-state index contributed by atoms with van der Waals surface area (Å²) in [5.74, 6) is 3.38. The minimum atomic E-state index is 0.528. The van der Waals surface area contributed by atoms with Crippen molar-refractivity contribution in [2.45, 2.75) is 13.8 Å². The molecule has 0 fully saturated rings. The maximum absolute atomic E-state index is 5.97. The van der Waals surface area contributed by atoms with Crippen LogP contribution in [0.25, 0.3) is 0 Å². The Morgan fingerprint density at radius 1 is 0.960 bits per heavy atom. The molecule has 128 valence electrons. The van der Waals surface area contributed by atoms with Crippen molar-refractivity contribution in [1.29, 1.82) is 0 Å². The molecule has 0 spiro atoms. The van der Waals surface area contributed by atoms with Crippen molar-refractivity contribution < 1.29 is 4.74 Å². The summed E-state index contributed by atoms with van der Waals surface area (Å²) >= 11 is 0. The van der Waals surface area contributed by atoms with E-state index in [0.29, 0.717) is 17.7 Å². The molecule has 0 radical (unpaired) electrons. The first-order chi connectivity index (χ1) is 12.2. The lowest BCUT2D eigenvalue weighted by Crippen LogP contribution is -2.11. The number of aromatic nitrogens is 2. The van der Waals surface area contributed by atoms with Gasteiger partial charge < -0.3 is 15.4 Å². The molecule has 0 amide bonds. The highest BCUT2D eigenvalue weighted by Gasteiger charge is 2.06. The van der Waals surface area contributed by atoms with E-state index >= 15 is 0 Å². The summed E-state index contributed by atoms with van der Waals surface area (Å²) in [6, 6.07) is 19.3. The maximum atomic E-state index is 5.97. The van der Waals surface area contributed by atoms with E-state index in [-0.39, 0.29) is 0 Å². The number of nitrogens with one attached hydrogen (secondary N) is 2. The molecule has 0 saturated carbocycles. The predicted molar refractivity (Wildman–Crippen MR) is 102 cm³/mol. The van der Waals surface area contributed by atoms with Crippen LogP contribution >= 0.6 is 0 Å². The number of para-hydroxylation sites is 3. The van der Waals surface area contributed by atoms with Gasteiger partial charge in [-0.2, -0.15) is 4.98 Å². The average molecular weight is 334 g/mol. The molecule has 2 N–H and O–H groups in total. The van der Waals surface area contributed by atoms with E-state index in [1.165, 1.54) is 0 Å². The number of nitrogens with zero attached hydrogens (tertiary/aromatic N) is 2. The van der Waals surface area contributed by atoms with E-state index in [9.17, 15) is 0 Å². The van der Waals surface area contributed by atoms with Gasteiger partial charge in [0.1, 0.15) is 11.6 Å². The Balaban J connectivity index is 1.76. The monoisotopic (exact) mass is 334 g/mol. The summed E-state index contributed by atoms with van der Waals surface area (Å²) in [5.41, 5.74) is 0.847. The number of benzene rings is 2. The standard InChI is InChI=1S/C20H22N4O/c1-15(2)14-22-20-21-13-12-19(24-20)23-17-10-6-7-11-18(17)25-16-8-4-3-5-9-16/h3-13,15H,14H2,1-2H3,(H2,21,22,23,24). The highest BCUT2D eigenvalue weighted by molar-refractivity contribution is 5.65. The Kier molecular flexibility index (Phi) is 5.46. The minimum absolute atomic E-state index is 0.528. The molecule has 3 aromatic rings. The van der Waals surface area contributed by atoms with Crippen LogP contribution in [0.15, 0.2) is 66.9 Å². The fourth-order valence-corrected chi connectivity index (χ4v) is 2.22. The second-order valence-corrected chi connectivity index (χ2v) is 6.08. The fraction of sp³-hybridized carbons (Fsp3) is 0.200. The summed E-state index contributed by atoms with van der Waals surface area (Å²) in [4.78, 5) is 8.75. The topological polar surface area (TPSA) is 59.1 Å². The third-order valence-electron chi connectivity index (χ3n) is 3.44. The lowest BCUT2D eigenvalue weighted by molar-refractivity contribution is 0.485. The molecule has 1 heterocycles. The smallest absolute Gasteiger partial charge is 0.224 e. The Labute approximate surface area is 148 Å². The van der Waals surface area contributed by atoms with E-state index in [2.05, 4.69) is 34.4 Å². The van der Waals surface area contributed by atoms with Crippen LogP contribution in [0.5, 0.6) is 11.5 Å². The van der Waals surface area contributed by atoms with Gasteiger partial charge in [0.05, 0.1) is 5.69 Å². The third kappa shape index (κ3) is 4.94. The maximum Gasteiger partial charge on any atom is 0.224 e. The quantitative estimate of drug-likeness (QED) is 0.631. The van der Waals surface area contributed by atoms with Gasteiger partial charge in [0.25, 0.3) is 0 Å². The van der Waals surface area contributed by atoms with E-state index in [1.54, 1.807) is 6.20 Å². The molecule has 5 heteroatoms. The third-order valence-corrected chi connectivity index (χ3v) is 3.44. The van der Waals surface area contributed by atoms with Crippen molar-refractivity contribution in [2.24, 2.45) is 5.92 Å². The van der Waals surface area contributed by atoms with Crippen LogP contribution in [0.3, 0.4) is 0 Å². The summed E-state index contributed by atoms with van der Waals surface area (Å²) in [7, 11) is 0. The van der Waals surface area contributed by atoms with E-state index < -0.39 is 0 Å². The van der Waals surface area contributed by atoms with Crippen molar-refractivity contribution in [3.05, 3.63) is 66.9 Å².